The first-order valence-electron chi connectivity index (χ1n) is 6.96. The van der Waals surface area contributed by atoms with E-state index in [-0.39, 0.29) is 36.6 Å². The van der Waals surface area contributed by atoms with Crippen LogP contribution in [-0.4, -0.2) is 43.6 Å². The second-order valence-electron chi connectivity index (χ2n) is 5.00. The van der Waals surface area contributed by atoms with Gasteiger partial charge in [0.2, 0.25) is 0 Å². The third-order valence-corrected chi connectivity index (χ3v) is 3.48. The van der Waals surface area contributed by atoms with Crippen molar-refractivity contribution >= 4 is 24.8 Å². The second-order valence-corrected chi connectivity index (χ2v) is 5.00. The Hall–Kier alpha value is -1.02. The Kier molecular flexibility index (Phi) is 9.65. The lowest BCUT2D eigenvalue weighted by atomic mass is 10.0. The number of hydrogen-bond acceptors (Lipinski definition) is 3. The van der Waals surface area contributed by atoms with Crippen LogP contribution in [0.2, 0.25) is 0 Å². The van der Waals surface area contributed by atoms with Gasteiger partial charge in [0.25, 0.3) is 0 Å². The van der Waals surface area contributed by atoms with Crippen LogP contribution in [0.3, 0.4) is 0 Å². The molecule has 0 bridgehead atoms. The van der Waals surface area contributed by atoms with Gasteiger partial charge in [-0.15, -0.1) is 31.4 Å². The van der Waals surface area contributed by atoms with Crippen molar-refractivity contribution in [2.45, 2.75) is 18.6 Å². The fourth-order valence-electron chi connectivity index (χ4n) is 2.42. The van der Waals surface area contributed by atoms with Gasteiger partial charge in [-0.1, -0.05) is 18.2 Å². The lowest BCUT2D eigenvalue weighted by Gasteiger charge is -2.33. The van der Waals surface area contributed by atoms with Crippen LogP contribution in [-0.2, 0) is 0 Å². The van der Waals surface area contributed by atoms with Gasteiger partial charge in [0.15, 0.2) is 0 Å². The Morgan fingerprint density at radius 2 is 1.83 bits per heavy atom. The smallest absolute Gasteiger partial charge is 0.428 e. The number of halogens is 6. The molecule has 2 rings (SSSR count). The number of ether oxygens (including phenoxy) is 1. The molecular formula is C15H20Cl2F4N2O. The minimum Gasteiger partial charge on any atom is -0.428 e. The summed E-state index contributed by atoms with van der Waals surface area (Å²) in [7, 11) is 0. The summed E-state index contributed by atoms with van der Waals surface area (Å²) in [5, 5.41) is 3.22. The van der Waals surface area contributed by atoms with Crippen molar-refractivity contribution in [1.29, 1.82) is 0 Å². The Labute approximate surface area is 150 Å². The average Bonchev–Trinajstić information content (AvgIpc) is 2.49. The maximum atomic E-state index is 13.0. The van der Waals surface area contributed by atoms with Gasteiger partial charge in [-0.05, 0) is 17.7 Å². The topological polar surface area (TPSA) is 24.5 Å². The average molecular weight is 391 g/mol. The highest BCUT2D eigenvalue weighted by Crippen LogP contribution is 2.30. The second kappa shape index (κ2) is 10.1. The molecule has 1 aliphatic heterocycles. The molecule has 0 aliphatic carbocycles. The standard InChI is InChI=1S/C15H18F4N2O.2ClH/c1-2-13(21-8-6-20-7-9-21)11-4-3-5-12(10-11)22-15(18,19)14(16)17;;/h2-5,10,13-14,20H,1,6-9H2;2*1H/t13-;;/m1../s1. The van der Waals surface area contributed by atoms with Gasteiger partial charge >= 0.3 is 12.5 Å². The van der Waals surface area contributed by atoms with Crippen LogP contribution in [0.15, 0.2) is 36.9 Å². The molecule has 0 aromatic heterocycles. The van der Waals surface area contributed by atoms with Crippen molar-refractivity contribution in [3.8, 4) is 5.75 Å². The Balaban J connectivity index is 0.00000264. The van der Waals surface area contributed by atoms with Crippen molar-refractivity contribution < 1.29 is 22.3 Å². The molecule has 24 heavy (non-hydrogen) atoms. The lowest BCUT2D eigenvalue weighted by molar-refractivity contribution is -0.253. The van der Waals surface area contributed by atoms with E-state index in [1.807, 2.05) is 0 Å². The summed E-state index contributed by atoms with van der Waals surface area (Å²) in [6, 6.07) is 5.65. The maximum Gasteiger partial charge on any atom is 0.461 e. The summed E-state index contributed by atoms with van der Waals surface area (Å²) < 4.78 is 54.5. The van der Waals surface area contributed by atoms with Crippen molar-refractivity contribution in [3.05, 3.63) is 42.5 Å². The molecule has 1 aromatic rings. The van der Waals surface area contributed by atoms with E-state index in [2.05, 4.69) is 21.5 Å². The van der Waals surface area contributed by atoms with E-state index in [1.54, 1.807) is 12.1 Å². The first-order chi connectivity index (χ1) is 10.4. The summed E-state index contributed by atoms with van der Waals surface area (Å²) in [5.41, 5.74) is 0.680. The molecule has 1 fully saturated rings. The van der Waals surface area contributed by atoms with Gasteiger partial charge in [-0.2, -0.15) is 17.6 Å². The van der Waals surface area contributed by atoms with Crippen LogP contribution in [0.25, 0.3) is 0 Å². The predicted octanol–water partition coefficient (Wildman–Crippen LogP) is 3.90. The van der Waals surface area contributed by atoms with Crippen molar-refractivity contribution in [2.24, 2.45) is 0 Å². The number of nitrogens with zero attached hydrogens (tertiary/aromatic N) is 1. The van der Waals surface area contributed by atoms with Crippen molar-refractivity contribution in [3.63, 3.8) is 0 Å². The first kappa shape index (κ1) is 23.0. The monoisotopic (exact) mass is 390 g/mol. The van der Waals surface area contributed by atoms with Gasteiger partial charge in [0.05, 0.1) is 6.04 Å². The number of piperazine rings is 1. The van der Waals surface area contributed by atoms with Crippen LogP contribution >= 0.6 is 24.8 Å². The number of alkyl halides is 4. The zero-order chi connectivity index (χ0) is 16.2. The van der Waals surface area contributed by atoms with E-state index in [4.69, 9.17) is 0 Å². The molecule has 9 heteroatoms. The molecular weight excluding hydrogens is 371 g/mol. The number of hydrogen-bond donors (Lipinski definition) is 1. The third kappa shape index (κ3) is 5.81. The van der Waals surface area contributed by atoms with Gasteiger partial charge in [0.1, 0.15) is 5.75 Å². The van der Waals surface area contributed by atoms with Crippen LogP contribution in [0.5, 0.6) is 5.75 Å². The van der Waals surface area contributed by atoms with Crippen LogP contribution in [0.1, 0.15) is 11.6 Å². The summed E-state index contributed by atoms with van der Waals surface area (Å²) >= 11 is 0. The SMILES string of the molecule is C=C[C@H](c1cccc(OC(F)(F)C(F)F)c1)N1CCNCC1.Cl.Cl. The van der Waals surface area contributed by atoms with E-state index in [9.17, 15) is 17.6 Å². The Morgan fingerprint density at radius 1 is 1.21 bits per heavy atom. The minimum atomic E-state index is -4.50. The highest BCUT2D eigenvalue weighted by atomic mass is 35.5. The molecule has 0 radical (unpaired) electrons. The van der Waals surface area contributed by atoms with Crippen LogP contribution in [0, 0.1) is 0 Å². The molecule has 1 saturated heterocycles. The highest BCUT2D eigenvalue weighted by Gasteiger charge is 2.44. The Bertz CT molecular complexity index is 514. The third-order valence-electron chi connectivity index (χ3n) is 3.48. The van der Waals surface area contributed by atoms with Crippen molar-refractivity contribution in [2.75, 3.05) is 26.2 Å². The minimum absolute atomic E-state index is 0. The Morgan fingerprint density at radius 3 is 2.38 bits per heavy atom. The maximum absolute atomic E-state index is 13.0. The van der Waals surface area contributed by atoms with Gasteiger partial charge in [-0.3, -0.25) is 4.90 Å². The zero-order valence-electron chi connectivity index (χ0n) is 12.8. The van der Waals surface area contributed by atoms with Gasteiger partial charge in [0, 0.05) is 26.2 Å². The van der Waals surface area contributed by atoms with Gasteiger partial charge in [-0.25, -0.2) is 0 Å². The van der Waals surface area contributed by atoms with Gasteiger partial charge < -0.3 is 10.1 Å². The lowest BCUT2D eigenvalue weighted by Crippen LogP contribution is -2.44. The predicted molar refractivity (Wildman–Crippen MR) is 89.9 cm³/mol. The zero-order valence-corrected chi connectivity index (χ0v) is 14.4. The quantitative estimate of drug-likeness (QED) is 0.588. The number of nitrogens with one attached hydrogen (secondary N) is 1. The summed E-state index contributed by atoms with van der Waals surface area (Å²) in [6.07, 6.45) is -6.67. The molecule has 1 atom stereocenters. The summed E-state index contributed by atoms with van der Waals surface area (Å²) in [4.78, 5) is 2.13. The molecule has 0 amide bonds. The van der Waals surface area contributed by atoms with E-state index >= 15 is 0 Å². The molecule has 1 aliphatic rings. The van der Waals surface area contributed by atoms with E-state index in [0.717, 1.165) is 26.2 Å². The number of rotatable bonds is 6. The summed E-state index contributed by atoms with van der Waals surface area (Å²) in [5.74, 6) is -0.287. The molecule has 1 aromatic carbocycles. The van der Waals surface area contributed by atoms with E-state index in [0.29, 0.717) is 5.56 Å². The molecule has 0 spiro atoms. The summed E-state index contributed by atoms with van der Waals surface area (Å²) in [6.45, 7) is 6.99. The van der Waals surface area contributed by atoms with Crippen LogP contribution < -0.4 is 10.1 Å². The first-order valence-corrected chi connectivity index (χ1v) is 6.96. The molecule has 1 heterocycles. The normalized spacial score (nSPS) is 16.7. The molecule has 0 unspecified atom stereocenters. The number of benzene rings is 1. The molecule has 3 nitrogen and oxygen atoms in total. The largest absolute Gasteiger partial charge is 0.461 e. The van der Waals surface area contributed by atoms with E-state index < -0.39 is 12.5 Å². The van der Waals surface area contributed by atoms with Crippen LogP contribution in [0.4, 0.5) is 17.6 Å². The molecule has 138 valence electrons. The molecule has 1 N–H and O–H groups in total. The highest BCUT2D eigenvalue weighted by molar-refractivity contribution is 5.85. The fourth-order valence-corrected chi connectivity index (χ4v) is 2.42. The molecule has 0 saturated carbocycles. The van der Waals surface area contributed by atoms with Crippen molar-refractivity contribution in [1.82, 2.24) is 10.2 Å². The van der Waals surface area contributed by atoms with E-state index in [1.165, 1.54) is 18.2 Å². The fraction of sp³-hybridized carbons (Fsp3) is 0.467.